The first-order valence-corrected chi connectivity index (χ1v) is 9.77. The molecule has 0 saturated heterocycles. The lowest BCUT2D eigenvalue weighted by Crippen LogP contribution is -2.48. The molecule has 1 N–H and O–H groups in total. The summed E-state index contributed by atoms with van der Waals surface area (Å²) in [5.41, 5.74) is 5.40. The predicted molar refractivity (Wildman–Crippen MR) is 118 cm³/mol. The van der Waals surface area contributed by atoms with Gasteiger partial charge in [0.15, 0.2) is 0 Å². The van der Waals surface area contributed by atoms with Gasteiger partial charge in [-0.3, -0.25) is 25.7 Å². The maximum absolute atomic E-state index is 11.2. The molecule has 0 spiro atoms. The van der Waals surface area contributed by atoms with E-state index >= 15 is 0 Å². The second kappa shape index (κ2) is 8.10. The monoisotopic (exact) mass is 411 g/mol. The molecule has 0 bridgehead atoms. The smallest absolute Gasteiger partial charge is 0.301 e. The number of rotatable bonds is 6. The van der Waals surface area contributed by atoms with Crippen LogP contribution in [0.2, 0.25) is 0 Å². The van der Waals surface area contributed by atoms with Crippen molar-refractivity contribution in [3.05, 3.63) is 67.8 Å². The fraction of sp³-hybridized carbons (Fsp3) is 0.381. The molecular formula is C21H25N5O4. The molecule has 9 heteroatoms. The minimum atomic E-state index is -0.674. The molecule has 1 heterocycles. The normalized spacial score (nSPS) is 17.6. The fourth-order valence-electron chi connectivity index (χ4n) is 4.24. The van der Waals surface area contributed by atoms with Gasteiger partial charge in [-0.2, -0.15) is 5.10 Å². The maximum Gasteiger partial charge on any atom is 0.301 e. The first kappa shape index (κ1) is 21.2. The number of nitro benzene ring substituents is 2. The molecule has 0 aromatic heterocycles. The molecule has 3 rings (SSSR count). The Morgan fingerprint density at radius 3 is 2.57 bits per heavy atom. The van der Waals surface area contributed by atoms with Crippen LogP contribution in [0.15, 0.2) is 41.5 Å². The van der Waals surface area contributed by atoms with Crippen molar-refractivity contribution in [3.8, 4) is 0 Å². The van der Waals surface area contributed by atoms with Gasteiger partial charge in [-0.1, -0.05) is 13.0 Å². The van der Waals surface area contributed by atoms with E-state index in [1.807, 2.05) is 6.07 Å². The molecule has 1 unspecified atom stereocenters. The molecule has 1 atom stereocenters. The second-order valence-electron chi connectivity index (χ2n) is 8.07. The number of hydrogen-bond donors (Lipinski definition) is 1. The Morgan fingerprint density at radius 1 is 1.20 bits per heavy atom. The molecule has 2 aromatic carbocycles. The van der Waals surface area contributed by atoms with Crippen LogP contribution in [0.25, 0.3) is 0 Å². The van der Waals surface area contributed by atoms with Crippen molar-refractivity contribution in [1.82, 2.24) is 0 Å². The van der Waals surface area contributed by atoms with Crippen LogP contribution < -0.4 is 10.3 Å². The Kier molecular flexibility index (Phi) is 5.73. The summed E-state index contributed by atoms with van der Waals surface area (Å²) in [6, 6.07) is 9.54. The quantitative estimate of drug-likeness (QED) is 0.404. The van der Waals surface area contributed by atoms with E-state index in [0.29, 0.717) is 5.92 Å². The third kappa shape index (κ3) is 4.10. The van der Waals surface area contributed by atoms with Gasteiger partial charge in [-0.05, 0) is 62.4 Å². The van der Waals surface area contributed by atoms with E-state index in [0.717, 1.165) is 24.6 Å². The Bertz CT molecular complexity index is 1020. The van der Waals surface area contributed by atoms with E-state index in [-0.39, 0.29) is 16.9 Å². The highest BCUT2D eigenvalue weighted by atomic mass is 16.6. The average molecular weight is 411 g/mol. The van der Waals surface area contributed by atoms with E-state index in [1.165, 1.54) is 23.4 Å². The minimum absolute atomic E-state index is 0.0899. The van der Waals surface area contributed by atoms with Crippen LogP contribution in [-0.4, -0.2) is 28.1 Å². The van der Waals surface area contributed by atoms with Gasteiger partial charge in [0.2, 0.25) is 0 Å². The van der Waals surface area contributed by atoms with E-state index in [1.54, 1.807) is 6.21 Å². The van der Waals surface area contributed by atoms with Crippen LogP contribution in [-0.2, 0) is 0 Å². The SMILES string of the molecule is CCN1c2ccc(/C=N/Nc3ccc([N+](=O)[O-])cc3[N+](=O)[O-])cc2C(C)CC1(C)C. The van der Waals surface area contributed by atoms with Crippen molar-refractivity contribution in [2.75, 3.05) is 16.9 Å². The van der Waals surface area contributed by atoms with Crippen LogP contribution in [0.4, 0.5) is 22.7 Å². The van der Waals surface area contributed by atoms with Gasteiger partial charge in [0.25, 0.3) is 5.69 Å². The van der Waals surface area contributed by atoms with Gasteiger partial charge >= 0.3 is 5.69 Å². The highest BCUT2D eigenvalue weighted by Crippen LogP contribution is 2.43. The van der Waals surface area contributed by atoms with Gasteiger partial charge in [0.1, 0.15) is 5.69 Å². The van der Waals surface area contributed by atoms with Gasteiger partial charge in [0.05, 0.1) is 22.1 Å². The van der Waals surface area contributed by atoms with Crippen molar-refractivity contribution in [2.45, 2.75) is 45.6 Å². The summed E-state index contributed by atoms with van der Waals surface area (Å²) in [7, 11) is 0. The Morgan fingerprint density at radius 2 is 1.93 bits per heavy atom. The zero-order chi connectivity index (χ0) is 22.1. The summed E-state index contributed by atoms with van der Waals surface area (Å²) in [4.78, 5) is 23.1. The third-order valence-electron chi connectivity index (χ3n) is 5.51. The van der Waals surface area contributed by atoms with Crippen LogP contribution in [0.1, 0.15) is 51.2 Å². The molecule has 2 aromatic rings. The highest BCUT2D eigenvalue weighted by Gasteiger charge is 2.35. The Hall–Kier alpha value is -3.49. The predicted octanol–water partition coefficient (Wildman–Crippen LogP) is 5.06. The van der Waals surface area contributed by atoms with Crippen molar-refractivity contribution in [3.63, 3.8) is 0 Å². The van der Waals surface area contributed by atoms with Gasteiger partial charge < -0.3 is 4.90 Å². The van der Waals surface area contributed by atoms with Crippen molar-refractivity contribution >= 4 is 29.0 Å². The van der Waals surface area contributed by atoms with Gasteiger partial charge in [0, 0.05) is 23.8 Å². The van der Waals surface area contributed by atoms with Crippen LogP contribution >= 0.6 is 0 Å². The number of non-ortho nitro benzene ring substituents is 1. The molecule has 0 radical (unpaired) electrons. The summed E-state index contributed by atoms with van der Waals surface area (Å²) in [6.45, 7) is 9.80. The largest absolute Gasteiger partial charge is 0.366 e. The third-order valence-corrected chi connectivity index (χ3v) is 5.51. The number of hydrogen-bond acceptors (Lipinski definition) is 7. The number of benzene rings is 2. The van der Waals surface area contributed by atoms with Crippen molar-refractivity contribution < 1.29 is 9.85 Å². The first-order chi connectivity index (χ1) is 14.1. The minimum Gasteiger partial charge on any atom is -0.366 e. The average Bonchev–Trinajstić information content (AvgIpc) is 2.67. The molecular weight excluding hydrogens is 386 g/mol. The second-order valence-corrected chi connectivity index (χ2v) is 8.07. The topological polar surface area (TPSA) is 114 Å². The summed E-state index contributed by atoms with van der Waals surface area (Å²) in [6.07, 6.45) is 2.63. The lowest BCUT2D eigenvalue weighted by molar-refractivity contribution is -0.393. The molecule has 30 heavy (non-hydrogen) atoms. The van der Waals surface area contributed by atoms with E-state index < -0.39 is 15.5 Å². The zero-order valence-corrected chi connectivity index (χ0v) is 17.5. The lowest BCUT2D eigenvalue weighted by Gasteiger charge is -2.47. The number of nitro groups is 2. The van der Waals surface area contributed by atoms with Gasteiger partial charge in [-0.15, -0.1) is 0 Å². The molecule has 1 aliphatic heterocycles. The van der Waals surface area contributed by atoms with E-state index in [4.69, 9.17) is 0 Å². The number of fused-ring (bicyclic) bond motifs is 1. The Labute approximate surface area is 174 Å². The molecule has 0 fully saturated rings. The molecule has 1 aliphatic rings. The van der Waals surface area contributed by atoms with Crippen molar-refractivity contribution in [1.29, 1.82) is 0 Å². The lowest BCUT2D eigenvalue weighted by atomic mass is 9.79. The first-order valence-electron chi connectivity index (χ1n) is 9.77. The van der Waals surface area contributed by atoms with Crippen LogP contribution in [0, 0.1) is 20.2 Å². The molecule has 158 valence electrons. The fourth-order valence-corrected chi connectivity index (χ4v) is 4.24. The summed E-state index contributed by atoms with van der Waals surface area (Å²) >= 11 is 0. The summed E-state index contributed by atoms with van der Waals surface area (Å²) in [5, 5.41) is 26.2. The van der Waals surface area contributed by atoms with E-state index in [9.17, 15) is 20.2 Å². The highest BCUT2D eigenvalue weighted by molar-refractivity contribution is 5.82. The molecule has 9 nitrogen and oxygen atoms in total. The Balaban J connectivity index is 1.84. The van der Waals surface area contributed by atoms with Gasteiger partial charge in [-0.25, -0.2) is 0 Å². The van der Waals surface area contributed by atoms with Crippen LogP contribution in [0.5, 0.6) is 0 Å². The van der Waals surface area contributed by atoms with Crippen molar-refractivity contribution in [2.24, 2.45) is 5.10 Å². The summed E-state index contributed by atoms with van der Waals surface area (Å²) < 4.78 is 0. The van der Waals surface area contributed by atoms with Crippen LogP contribution in [0.3, 0.4) is 0 Å². The molecule has 0 aliphatic carbocycles. The maximum atomic E-state index is 11.2. The molecule has 0 saturated carbocycles. The molecule has 0 amide bonds. The number of nitrogens with one attached hydrogen (secondary N) is 1. The number of nitrogens with zero attached hydrogens (tertiary/aromatic N) is 4. The van der Waals surface area contributed by atoms with E-state index in [2.05, 4.69) is 55.3 Å². The summed E-state index contributed by atoms with van der Waals surface area (Å²) in [5.74, 6) is 0.398. The number of hydrazone groups is 1. The number of anilines is 2. The standard InChI is InChI=1S/C21H25N5O4/c1-5-24-19-9-6-15(10-17(19)14(2)12-21(24,3)4)13-22-23-18-8-7-16(25(27)28)11-20(18)26(29)30/h6-11,13-14,23H,5,12H2,1-4H3/b22-13+. The zero-order valence-electron chi connectivity index (χ0n) is 17.5.